The van der Waals surface area contributed by atoms with Gasteiger partial charge in [-0.05, 0) is 42.7 Å². The average molecular weight is 367 g/mol. The van der Waals surface area contributed by atoms with E-state index < -0.39 is 29.4 Å². The zero-order valence-electron chi connectivity index (χ0n) is 14.2. The monoisotopic (exact) mass is 367 g/mol. The lowest BCUT2D eigenvalue weighted by atomic mass is 10.0. The molecule has 7 heteroatoms. The molecule has 0 aliphatic heterocycles. The molecule has 2 rings (SSSR count). The highest BCUT2D eigenvalue weighted by Gasteiger charge is 2.41. The molecule has 2 aromatic rings. The predicted molar refractivity (Wildman–Crippen MR) is 90.5 cm³/mol. The summed E-state index contributed by atoms with van der Waals surface area (Å²) in [7, 11) is 0. The quantitative estimate of drug-likeness (QED) is 0.564. The first kappa shape index (κ1) is 19.5. The fraction of sp³-hybridized carbons (Fsp3) is 0.211. The minimum atomic E-state index is -4.76. The molecular formula is C19H17F4NO2. The zero-order chi connectivity index (χ0) is 19.6. The number of benzene rings is 1. The van der Waals surface area contributed by atoms with Gasteiger partial charge in [-0.25, -0.2) is 9.18 Å². The van der Waals surface area contributed by atoms with Crippen molar-refractivity contribution in [2.24, 2.45) is 0 Å². The van der Waals surface area contributed by atoms with E-state index in [1.807, 2.05) is 0 Å². The van der Waals surface area contributed by atoms with Crippen LogP contribution in [0.1, 0.15) is 28.7 Å². The Morgan fingerprint density at radius 3 is 2.27 bits per heavy atom. The summed E-state index contributed by atoms with van der Waals surface area (Å²) in [4.78, 5) is 11.8. The van der Waals surface area contributed by atoms with Gasteiger partial charge in [0.15, 0.2) is 0 Å². The van der Waals surface area contributed by atoms with Crippen molar-refractivity contribution in [3.05, 3.63) is 71.3 Å². The second kappa shape index (κ2) is 7.19. The Morgan fingerprint density at radius 2 is 1.85 bits per heavy atom. The van der Waals surface area contributed by atoms with E-state index in [2.05, 4.69) is 6.58 Å². The number of rotatable bonds is 5. The van der Waals surface area contributed by atoms with Crippen molar-refractivity contribution in [3.63, 3.8) is 0 Å². The highest BCUT2D eigenvalue weighted by molar-refractivity contribution is 5.96. The molecular weight excluding hydrogens is 350 g/mol. The molecule has 0 saturated heterocycles. The molecule has 0 atom stereocenters. The van der Waals surface area contributed by atoms with Gasteiger partial charge in [0.1, 0.15) is 17.2 Å². The van der Waals surface area contributed by atoms with Crippen molar-refractivity contribution in [2.75, 3.05) is 0 Å². The summed E-state index contributed by atoms with van der Waals surface area (Å²) in [5.41, 5.74) is -1.20. The third kappa shape index (κ3) is 3.56. The van der Waals surface area contributed by atoms with Crippen molar-refractivity contribution in [1.82, 2.24) is 4.57 Å². The van der Waals surface area contributed by atoms with Crippen LogP contribution in [0.3, 0.4) is 0 Å². The SMILES string of the molecule is C=CC(=CC)Cn1c(C(=O)O)c(-c2ccc(F)cc2)c(C)c1C(F)(F)F. The largest absolute Gasteiger partial charge is 0.477 e. The number of halogens is 4. The summed E-state index contributed by atoms with van der Waals surface area (Å²) in [5.74, 6) is -2.07. The van der Waals surface area contributed by atoms with Crippen LogP contribution in [0.2, 0.25) is 0 Å². The number of carbonyl (C=O) groups is 1. The Bertz CT molecular complexity index is 874. The number of allylic oxidation sites excluding steroid dienone is 3. The second-order valence-electron chi connectivity index (χ2n) is 5.66. The molecule has 0 bridgehead atoms. The summed E-state index contributed by atoms with van der Waals surface area (Å²) in [6.45, 7) is 6.09. The van der Waals surface area contributed by atoms with Crippen LogP contribution in [0, 0.1) is 12.7 Å². The summed E-state index contributed by atoms with van der Waals surface area (Å²) in [6.07, 6.45) is -1.82. The summed E-state index contributed by atoms with van der Waals surface area (Å²) in [6, 6.07) is 4.68. The number of aromatic nitrogens is 1. The van der Waals surface area contributed by atoms with Crippen molar-refractivity contribution in [3.8, 4) is 11.1 Å². The number of nitrogens with zero attached hydrogens (tertiary/aromatic N) is 1. The molecule has 1 heterocycles. The maximum Gasteiger partial charge on any atom is 0.431 e. The maximum atomic E-state index is 13.7. The van der Waals surface area contributed by atoms with Gasteiger partial charge in [-0.2, -0.15) is 13.2 Å². The van der Waals surface area contributed by atoms with E-state index in [0.717, 1.165) is 16.7 Å². The number of hydrogen-bond acceptors (Lipinski definition) is 1. The number of alkyl halides is 3. The van der Waals surface area contributed by atoms with Gasteiger partial charge in [0.05, 0.1) is 0 Å². The molecule has 1 aromatic carbocycles. The summed E-state index contributed by atoms with van der Waals surface area (Å²) in [5, 5.41) is 9.62. The number of carboxylic acids is 1. The molecule has 0 aliphatic rings. The lowest BCUT2D eigenvalue weighted by Gasteiger charge is -2.15. The van der Waals surface area contributed by atoms with Crippen LogP contribution >= 0.6 is 0 Å². The van der Waals surface area contributed by atoms with Crippen LogP contribution in [-0.4, -0.2) is 15.6 Å². The smallest absolute Gasteiger partial charge is 0.431 e. The van der Waals surface area contributed by atoms with Gasteiger partial charge in [0.25, 0.3) is 0 Å². The van der Waals surface area contributed by atoms with Crippen molar-refractivity contribution in [1.29, 1.82) is 0 Å². The first-order chi connectivity index (χ1) is 12.1. The Balaban J connectivity index is 2.88. The molecule has 0 radical (unpaired) electrons. The number of hydrogen-bond donors (Lipinski definition) is 1. The topological polar surface area (TPSA) is 42.2 Å². The van der Waals surface area contributed by atoms with Crippen molar-refractivity contribution < 1.29 is 27.5 Å². The minimum absolute atomic E-state index is 0.0793. The van der Waals surface area contributed by atoms with Crippen molar-refractivity contribution in [2.45, 2.75) is 26.6 Å². The van der Waals surface area contributed by atoms with Gasteiger partial charge in [-0.15, -0.1) is 0 Å². The van der Waals surface area contributed by atoms with Crippen LogP contribution in [0.4, 0.5) is 17.6 Å². The Hall–Kier alpha value is -2.83. The molecule has 138 valence electrons. The van der Waals surface area contributed by atoms with Crippen LogP contribution in [0.5, 0.6) is 0 Å². The van der Waals surface area contributed by atoms with E-state index in [4.69, 9.17) is 0 Å². The van der Waals surface area contributed by atoms with Gasteiger partial charge in [0.2, 0.25) is 0 Å². The third-order valence-electron chi connectivity index (χ3n) is 4.08. The van der Waals surface area contributed by atoms with Gasteiger partial charge in [0, 0.05) is 12.1 Å². The molecule has 0 spiro atoms. The lowest BCUT2D eigenvalue weighted by molar-refractivity contribution is -0.143. The van der Waals surface area contributed by atoms with Gasteiger partial charge in [-0.3, -0.25) is 0 Å². The van der Waals surface area contributed by atoms with Gasteiger partial charge < -0.3 is 9.67 Å². The number of carboxylic acid groups (broad SMARTS) is 1. The average Bonchev–Trinajstić information content (AvgIpc) is 2.85. The van der Waals surface area contributed by atoms with E-state index in [-0.39, 0.29) is 23.2 Å². The minimum Gasteiger partial charge on any atom is -0.477 e. The number of aromatic carboxylic acids is 1. The highest BCUT2D eigenvalue weighted by atomic mass is 19.4. The van der Waals surface area contributed by atoms with Crippen LogP contribution in [0.15, 0.2) is 48.6 Å². The molecule has 0 fully saturated rings. The molecule has 1 aromatic heterocycles. The van der Waals surface area contributed by atoms with E-state index >= 15 is 0 Å². The zero-order valence-corrected chi connectivity index (χ0v) is 14.2. The fourth-order valence-electron chi connectivity index (χ4n) is 2.92. The molecule has 26 heavy (non-hydrogen) atoms. The van der Waals surface area contributed by atoms with Gasteiger partial charge >= 0.3 is 12.1 Å². The summed E-state index contributed by atoms with van der Waals surface area (Å²) >= 11 is 0. The maximum absolute atomic E-state index is 13.7. The van der Waals surface area contributed by atoms with Gasteiger partial charge in [-0.1, -0.05) is 30.9 Å². The van der Waals surface area contributed by atoms with Crippen LogP contribution in [-0.2, 0) is 12.7 Å². The predicted octanol–water partition coefficient (Wildman–Crippen LogP) is 5.45. The molecule has 0 amide bonds. The first-order valence-corrected chi connectivity index (χ1v) is 7.68. The summed E-state index contributed by atoms with van der Waals surface area (Å²) < 4.78 is 55.0. The van der Waals surface area contributed by atoms with Crippen molar-refractivity contribution >= 4 is 5.97 Å². The van der Waals surface area contributed by atoms with E-state index in [0.29, 0.717) is 5.57 Å². The normalized spacial score (nSPS) is 12.3. The molecule has 1 N–H and O–H groups in total. The van der Waals surface area contributed by atoms with E-state index in [1.165, 1.54) is 25.1 Å². The van der Waals surface area contributed by atoms with E-state index in [9.17, 15) is 27.5 Å². The lowest BCUT2D eigenvalue weighted by Crippen LogP contribution is -2.19. The highest BCUT2D eigenvalue weighted by Crippen LogP contribution is 2.41. The fourth-order valence-corrected chi connectivity index (χ4v) is 2.92. The third-order valence-corrected chi connectivity index (χ3v) is 4.08. The van der Waals surface area contributed by atoms with Crippen LogP contribution < -0.4 is 0 Å². The Morgan fingerprint density at radius 1 is 1.27 bits per heavy atom. The molecule has 0 unspecified atom stereocenters. The second-order valence-corrected chi connectivity index (χ2v) is 5.66. The van der Waals surface area contributed by atoms with E-state index in [1.54, 1.807) is 13.0 Å². The Labute approximate surface area is 147 Å². The molecule has 0 saturated carbocycles. The Kier molecular flexibility index (Phi) is 5.39. The molecule has 3 nitrogen and oxygen atoms in total. The first-order valence-electron chi connectivity index (χ1n) is 7.68. The standard InChI is InChI=1S/C19H17F4NO2/c1-4-12(5-2)10-24-16(18(25)26)15(11(3)17(24)19(21,22)23)13-6-8-14(20)9-7-13/h4-9H,1,10H2,2-3H3,(H,25,26). The van der Waals surface area contributed by atoms with Crippen LogP contribution in [0.25, 0.3) is 11.1 Å². The molecule has 0 aliphatic carbocycles.